The van der Waals surface area contributed by atoms with Crippen LogP contribution < -0.4 is 5.73 Å². The highest BCUT2D eigenvalue weighted by molar-refractivity contribution is 4.88. The zero-order chi connectivity index (χ0) is 14.0. The van der Waals surface area contributed by atoms with Crippen molar-refractivity contribution >= 4 is 0 Å². The fourth-order valence-electron chi connectivity index (χ4n) is 2.66. The van der Waals surface area contributed by atoms with E-state index in [-0.39, 0.29) is 11.6 Å². The van der Waals surface area contributed by atoms with Crippen LogP contribution in [0.4, 0.5) is 0 Å². The van der Waals surface area contributed by atoms with Gasteiger partial charge in [0.25, 0.3) is 0 Å². The van der Waals surface area contributed by atoms with Crippen molar-refractivity contribution in [3.8, 4) is 0 Å². The highest BCUT2D eigenvalue weighted by atomic mass is 16.5. The molecule has 1 aliphatic carbocycles. The number of nitrogens with two attached hydrogens (primary N) is 1. The highest BCUT2D eigenvalue weighted by Crippen LogP contribution is 2.36. The predicted octanol–water partition coefficient (Wildman–Crippen LogP) is 2.64. The van der Waals surface area contributed by atoms with Crippen LogP contribution in [-0.4, -0.2) is 43.3 Å². The van der Waals surface area contributed by atoms with Gasteiger partial charge in [0.15, 0.2) is 0 Å². The van der Waals surface area contributed by atoms with Crippen LogP contribution in [0.2, 0.25) is 0 Å². The van der Waals surface area contributed by atoms with E-state index in [2.05, 4.69) is 39.6 Å². The number of hydrogen-bond acceptors (Lipinski definition) is 3. The molecule has 0 spiro atoms. The maximum absolute atomic E-state index is 6.26. The van der Waals surface area contributed by atoms with Gasteiger partial charge in [0.05, 0.1) is 5.60 Å². The van der Waals surface area contributed by atoms with Crippen molar-refractivity contribution in [2.75, 3.05) is 20.7 Å². The van der Waals surface area contributed by atoms with Crippen molar-refractivity contribution in [3.05, 3.63) is 0 Å². The summed E-state index contributed by atoms with van der Waals surface area (Å²) in [5, 5.41) is 0. The van der Waals surface area contributed by atoms with Crippen LogP contribution in [-0.2, 0) is 4.74 Å². The molecule has 1 atom stereocenters. The van der Waals surface area contributed by atoms with Gasteiger partial charge in [-0.1, -0.05) is 13.8 Å². The van der Waals surface area contributed by atoms with Crippen molar-refractivity contribution < 1.29 is 4.74 Å². The van der Waals surface area contributed by atoms with Crippen LogP contribution in [0, 0.1) is 5.41 Å². The molecule has 2 N–H and O–H groups in total. The zero-order valence-electron chi connectivity index (χ0n) is 13.1. The van der Waals surface area contributed by atoms with E-state index in [0.717, 1.165) is 6.54 Å². The van der Waals surface area contributed by atoms with Gasteiger partial charge in [-0.25, -0.2) is 0 Å². The summed E-state index contributed by atoms with van der Waals surface area (Å²) in [5.74, 6) is 0. The first-order valence-corrected chi connectivity index (χ1v) is 7.19. The van der Waals surface area contributed by atoms with E-state index in [0.29, 0.717) is 11.5 Å². The van der Waals surface area contributed by atoms with Crippen LogP contribution in [0.3, 0.4) is 0 Å². The van der Waals surface area contributed by atoms with E-state index in [1.54, 1.807) is 7.11 Å². The van der Waals surface area contributed by atoms with Gasteiger partial charge in [-0.05, 0) is 52.0 Å². The van der Waals surface area contributed by atoms with E-state index in [1.165, 1.54) is 25.7 Å². The molecular weight excluding hydrogens is 224 g/mol. The smallest absolute Gasteiger partial charge is 0.0785 e. The summed E-state index contributed by atoms with van der Waals surface area (Å²) in [6.07, 6.45) is 5.24. The maximum atomic E-state index is 6.26. The Labute approximate surface area is 113 Å². The summed E-state index contributed by atoms with van der Waals surface area (Å²) in [7, 11) is 3.94. The second-order valence-corrected chi connectivity index (χ2v) is 7.25. The molecule has 0 amide bonds. The van der Waals surface area contributed by atoms with Gasteiger partial charge in [0.2, 0.25) is 0 Å². The van der Waals surface area contributed by atoms with Crippen molar-refractivity contribution in [2.45, 2.75) is 71.1 Å². The standard InChI is InChI=1S/C15H32N2O/c1-14(2)9-7-12(8-10-14)17(5)11-13(16)15(3,4)18-6/h12-13H,7-11,16H2,1-6H3. The van der Waals surface area contributed by atoms with Gasteiger partial charge in [0, 0.05) is 25.7 Å². The molecule has 0 heterocycles. The lowest BCUT2D eigenvalue weighted by atomic mass is 9.75. The van der Waals surface area contributed by atoms with Crippen LogP contribution in [0.25, 0.3) is 0 Å². The number of hydrogen-bond donors (Lipinski definition) is 1. The predicted molar refractivity (Wildman–Crippen MR) is 77.7 cm³/mol. The Bertz CT molecular complexity index is 253. The van der Waals surface area contributed by atoms with Gasteiger partial charge in [0.1, 0.15) is 0 Å². The molecule has 1 fully saturated rings. The van der Waals surface area contributed by atoms with Gasteiger partial charge in [-0.2, -0.15) is 0 Å². The quantitative estimate of drug-likeness (QED) is 0.822. The first-order valence-electron chi connectivity index (χ1n) is 7.19. The molecule has 0 aliphatic heterocycles. The second-order valence-electron chi connectivity index (χ2n) is 7.25. The number of nitrogens with zero attached hydrogens (tertiary/aromatic N) is 1. The lowest BCUT2D eigenvalue weighted by molar-refractivity contribution is -0.0125. The molecule has 1 unspecified atom stereocenters. The molecule has 0 saturated heterocycles. The van der Waals surface area contributed by atoms with Crippen LogP contribution >= 0.6 is 0 Å². The molecule has 1 saturated carbocycles. The van der Waals surface area contributed by atoms with E-state index < -0.39 is 0 Å². The van der Waals surface area contributed by atoms with E-state index in [4.69, 9.17) is 10.5 Å². The molecule has 0 aromatic carbocycles. The molecule has 18 heavy (non-hydrogen) atoms. The summed E-state index contributed by atoms with van der Waals surface area (Å²) in [6, 6.07) is 0.749. The van der Waals surface area contributed by atoms with Gasteiger partial charge < -0.3 is 15.4 Å². The third-order valence-electron chi connectivity index (χ3n) is 4.84. The molecule has 0 aromatic rings. The number of methoxy groups -OCH3 is 1. The summed E-state index contributed by atoms with van der Waals surface area (Å²) in [5.41, 5.74) is 6.54. The Kier molecular flexibility index (Phi) is 5.22. The van der Waals surface area contributed by atoms with E-state index >= 15 is 0 Å². The van der Waals surface area contributed by atoms with Crippen molar-refractivity contribution in [1.29, 1.82) is 0 Å². The minimum absolute atomic E-state index is 0.0578. The fraction of sp³-hybridized carbons (Fsp3) is 1.00. The lowest BCUT2D eigenvalue weighted by Crippen LogP contribution is -2.53. The summed E-state index contributed by atoms with van der Waals surface area (Å²) < 4.78 is 5.47. The Balaban J connectivity index is 2.44. The van der Waals surface area contributed by atoms with Crippen molar-refractivity contribution in [1.82, 2.24) is 4.90 Å². The van der Waals surface area contributed by atoms with Gasteiger partial charge in [-0.3, -0.25) is 0 Å². The molecule has 108 valence electrons. The molecule has 1 aliphatic rings. The number of likely N-dealkylation sites (N-methyl/N-ethyl adjacent to an activating group) is 1. The number of rotatable bonds is 5. The van der Waals surface area contributed by atoms with E-state index in [9.17, 15) is 0 Å². The minimum atomic E-state index is -0.248. The Morgan fingerprint density at radius 3 is 2.28 bits per heavy atom. The van der Waals surface area contributed by atoms with Crippen molar-refractivity contribution in [3.63, 3.8) is 0 Å². The fourth-order valence-corrected chi connectivity index (χ4v) is 2.66. The molecule has 0 bridgehead atoms. The summed E-state index contributed by atoms with van der Waals surface area (Å²) in [6.45, 7) is 9.79. The zero-order valence-corrected chi connectivity index (χ0v) is 13.1. The van der Waals surface area contributed by atoms with Crippen LogP contribution in [0.15, 0.2) is 0 Å². The first kappa shape index (κ1) is 15.9. The SMILES string of the molecule is COC(C)(C)C(N)CN(C)C1CCC(C)(C)CC1. The first-order chi connectivity index (χ1) is 8.18. The molecule has 3 nitrogen and oxygen atoms in total. The Hall–Kier alpha value is -0.120. The largest absolute Gasteiger partial charge is 0.377 e. The second kappa shape index (κ2) is 5.89. The number of ether oxygens (including phenoxy) is 1. The monoisotopic (exact) mass is 256 g/mol. The Morgan fingerprint density at radius 2 is 1.83 bits per heavy atom. The molecule has 3 heteroatoms. The van der Waals surface area contributed by atoms with E-state index in [1.807, 2.05) is 0 Å². The highest BCUT2D eigenvalue weighted by Gasteiger charge is 2.32. The summed E-state index contributed by atoms with van der Waals surface area (Å²) in [4.78, 5) is 2.43. The molecule has 0 radical (unpaired) electrons. The maximum Gasteiger partial charge on any atom is 0.0785 e. The molecule has 1 rings (SSSR count). The lowest BCUT2D eigenvalue weighted by Gasteiger charge is -2.41. The molecular formula is C15H32N2O. The Morgan fingerprint density at radius 1 is 1.33 bits per heavy atom. The average molecular weight is 256 g/mol. The topological polar surface area (TPSA) is 38.5 Å². The normalized spacial score (nSPS) is 23.3. The van der Waals surface area contributed by atoms with Crippen LogP contribution in [0.5, 0.6) is 0 Å². The third-order valence-corrected chi connectivity index (χ3v) is 4.84. The molecule has 0 aromatic heterocycles. The average Bonchev–Trinajstić information content (AvgIpc) is 2.28. The van der Waals surface area contributed by atoms with Crippen molar-refractivity contribution in [2.24, 2.45) is 11.1 Å². The minimum Gasteiger partial charge on any atom is -0.377 e. The third kappa shape index (κ3) is 4.22. The van der Waals surface area contributed by atoms with Gasteiger partial charge >= 0.3 is 0 Å². The van der Waals surface area contributed by atoms with Crippen LogP contribution in [0.1, 0.15) is 53.4 Å². The summed E-state index contributed by atoms with van der Waals surface area (Å²) >= 11 is 0. The van der Waals surface area contributed by atoms with Gasteiger partial charge in [-0.15, -0.1) is 0 Å².